The third-order valence-corrected chi connectivity index (χ3v) is 4.80. The Labute approximate surface area is 144 Å². The quantitative estimate of drug-likeness (QED) is 0.760. The highest BCUT2D eigenvalue weighted by Gasteiger charge is 2.25. The Bertz CT molecular complexity index is 636. The van der Waals surface area contributed by atoms with E-state index in [9.17, 15) is 4.79 Å². The van der Waals surface area contributed by atoms with Crippen molar-refractivity contribution in [3.63, 3.8) is 0 Å². The van der Waals surface area contributed by atoms with Gasteiger partial charge < -0.3 is 18.9 Å². The van der Waals surface area contributed by atoms with Gasteiger partial charge in [-0.05, 0) is 24.3 Å². The van der Waals surface area contributed by atoms with Gasteiger partial charge in [-0.25, -0.2) is 0 Å². The number of aromatic nitrogens is 2. The van der Waals surface area contributed by atoms with E-state index in [-0.39, 0.29) is 12.0 Å². The number of thiophene rings is 1. The van der Waals surface area contributed by atoms with Crippen LogP contribution in [0.5, 0.6) is 0 Å². The van der Waals surface area contributed by atoms with Gasteiger partial charge in [0, 0.05) is 26.6 Å². The van der Waals surface area contributed by atoms with Crippen molar-refractivity contribution in [1.82, 2.24) is 15.0 Å². The Hall–Kier alpha value is -1.77. The molecule has 2 aromatic rings. The summed E-state index contributed by atoms with van der Waals surface area (Å²) in [4.78, 5) is 19.2. The first-order valence-electron chi connectivity index (χ1n) is 8.01. The number of hydrogen-bond donors (Lipinski definition) is 0. The number of ether oxygens (including phenoxy) is 2. The lowest BCUT2D eigenvalue weighted by Gasteiger charge is -2.31. The molecule has 1 aliphatic heterocycles. The predicted octanol–water partition coefficient (Wildman–Crippen LogP) is 2.14. The average molecular weight is 351 g/mol. The number of carbonyl (C=O) groups excluding carboxylic acids is 1. The predicted molar refractivity (Wildman–Crippen MR) is 87.9 cm³/mol. The van der Waals surface area contributed by atoms with E-state index in [0.717, 1.165) is 17.7 Å². The molecule has 0 unspecified atom stereocenters. The van der Waals surface area contributed by atoms with Crippen LogP contribution in [0.25, 0.3) is 0 Å². The van der Waals surface area contributed by atoms with Crippen molar-refractivity contribution in [3.05, 3.63) is 34.1 Å². The van der Waals surface area contributed by atoms with Gasteiger partial charge in [0.1, 0.15) is 6.61 Å². The number of amides is 1. The lowest BCUT2D eigenvalue weighted by molar-refractivity contribution is -0.00969. The zero-order valence-corrected chi connectivity index (χ0v) is 14.5. The summed E-state index contributed by atoms with van der Waals surface area (Å²) < 4.78 is 16.0. The van der Waals surface area contributed by atoms with Gasteiger partial charge in [0.15, 0.2) is 5.82 Å². The normalized spacial score (nSPS) is 15.8. The molecule has 0 radical (unpaired) electrons. The van der Waals surface area contributed by atoms with Crippen LogP contribution in [0.3, 0.4) is 0 Å². The largest absolute Gasteiger partial charge is 0.384 e. The number of rotatable bonds is 7. The second kappa shape index (κ2) is 8.36. The Kier molecular flexibility index (Phi) is 5.95. The van der Waals surface area contributed by atoms with Crippen molar-refractivity contribution in [2.45, 2.75) is 32.0 Å². The maximum atomic E-state index is 12.3. The molecule has 0 bridgehead atoms. The molecule has 24 heavy (non-hydrogen) atoms. The summed E-state index contributed by atoms with van der Waals surface area (Å²) in [5.41, 5.74) is 0. The van der Waals surface area contributed by atoms with Crippen LogP contribution in [0.15, 0.2) is 22.0 Å². The van der Waals surface area contributed by atoms with E-state index in [1.165, 1.54) is 11.3 Å². The minimum Gasteiger partial charge on any atom is -0.384 e. The summed E-state index contributed by atoms with van der Waals surface area (Å²) in [5.74, 6) is 1.23. The molecule has 0 aromatic carbocycles. The van der Waals surface area contributed by atoms with Crippen LogP contribution >= 0.6 is 11.3 Å². The van der Waals surface area contributed by atoms with Crippen LogP contribution in [0.4, 0.5) is 0 Å². The van der Waals surface area contributed by atoms with Gasteiger partial charge in [-0.1, -0.05) is 11.2 Å². The second-order valence-electron chi connectivity index (χ2n) is 5.63. The zero-order chi connectivity index (χ0) is 16.8. The van der Waals surface area contributed by atoms with Crippen molar-refractivity contribution in [1.29, 1.82) is 0 Å². The first-order valence-corrected chi connectivity index (χ1v) is 8.89. The molecule has 2 aromatic heterocycles. The summed E-state index contributed by atoms with van der Waals surface area (Å²) in [6.45, 7) is 2.30. The Morgan fingerprint density at radius 1 is 1.46 bits per heavy atom. The molecule has 1 amide bonds. The highest BCUT2D eigenvalue weighted by molar-refractivity contribution is 7.12. The zero-order valence-electron chi connectivity index (χ0n) is 13.6. The SMILES string of the molecule is COCCc1noc(COC2CCN(C(=O)c3cccs3)CC2)n1. The lowest BCUT2D eigenvalue weighted by atomic mass is 10.1. The van der Waals surface area contributed by atoms with Gasteiger partial charge in [-0.3, -0.25) is 4.79 Å². The third-order valence-electron chi connectivity index (χ3n) is 3.94. The van der Waals surface area contributed by atoms with E-state index in [4.69, 9.17) is 14.0 Å². The molecule has 1 fully saturated rings. The van der Waals surface area contributed by atoms with Crippen molar-refractivity contribution in [2.24, 2.45) is 0 Å². The van der Waals surface area contributed by atoms with Crippen LogP contribution in [0.1, 0.15) is 34.2 Å². The number of piperidine rings is 1. The van der Waals surface area contributed by atoms with E-state index in [2.05, 4.69) is 10.1 Å². The summed E-state index contributed by atoms with van der Waals surface area (Å²) in [7, 11) is 1.64. The topological polar surface area (TPSA) is 77.7 Å². The molecule has 130 valence electrons. The summed E-state index contributed by atoms with van der Waals surface area (Å²) in [6, 6.07) is 3.77. The summed E-state index contributed by atoms with van der Waals surface area (Å²) in [6.07, 6.45) is 2.39. The van der Waals surface area contributed by atoms with E-state index in [1.54, 1.807) is 7.11 Å². The minimum atomic E-state index is 0.114. The van der Waals surface area contributed by atoms with Crippen LogP contribution in [-0.4, -0.2) is 53.9 Å². The Morgan fingerprint density at radius 2 is 2.29 bits per heavy atom. The fraction of sp³-hybridized carbons (Fsp3) is 0.562. The van der Waals surface area contributed by atoms with Crippen LogP contribution < -0.4 is 0 Å². The van der Waals surface area contributed by atoms with Gasteiger partial charge in [0.2, 0.25) is 0 Å². The second-order valence-corrected chi connectivity index (χ2v) is 6.57. The number of methoxy groups -OCH3 is 1. The van der Waals surface area contributed by atoms with E-state index in [1.807, 2.05) is 22.4 Å². The number of hydrogen-bond acceptors (Lipinski definition) is 7. The maximum Gasteiger partial charge on any atom is 0.263 e. The minimum absolute atomic E-state index is 0.114. The van der Waals surface area contributed by atoms with Gasteiger partial charge in [0.25, 0.3) is 11.8 Å². The van der Waals surface area contributed by atoms with E-state index >= 15 is 0 Å². The smallest absolute Gasteiger partial charge is 0.263 e. The number of likely N-dealkylation sites (tertiary alicyclic amines) is 1. The van der Waals surface area contributed by atoms with Gasteiger partial charge in [0.05, 0.1) is 17.6 Å². The lowest BCUT2D eigenvalue weighted by Crippen LogP contribution is -2.40. The fourth-order valence-electron chi connectivity index (χ4n) is 2.61. The van der Waals surface area contributed by atoms with Gasteiger partial charge in [-0.2, -0.15) is 4.98 Å². The molecule has 3 rings (SSSR count). The van der Waals surface area contributed by atoms with Crippen molar-refractivity contribution < 1.29 is 18.8 Å². The van der Waals surface area contributed by atoms with Crippen LogP contribution in [-0.2, 0) is 22.5 Å². The molecule has 1 saturated heterocycles. The van der Waals surface area contributed by atoms with E-state index in [0.29, 0.717) is 44.4 Å². The Balaban J connectivity index is 1.41. The summed E-state index contributed by atoms with van der Waals surface area (Å²) in [5, 5.41) is 5.81. The number of carbonyl (C=O) groups is 1. The van der Waals surface area contributed by atoms with Gasteiger partial charge >= 0.3 is 0 Å². The fourth-order valence-corrected chi connectivity index (χ4v) is 3.31. The standard InChI is InChI=1S/C16H21N3O4S/c1-21-9-6-14-17-15(23-18-14)11-22-12-4-7-19(8-5-12)16(20)13-3-2-10-24-13/h2-3,10,12H,4-9,11H2,1H3. The molecule has 0 aliphatic carbocycles. The maximum absolute atomic E-state index is 12.3. The van der Waals surface area contributed by atoms with Crippen LogP contribution in [0.2, 0.25) is 0 Å². The molecular formula is C16H21N3O4S. The molecule has 8 heteroatoms. The summed E-state index contributed by atoms with van der Waals surface area (Å²) >= 11 is 1.48. The molecule has 7 nitrogen and oxygen atoms in total. The highest BCUT2D eigenvalue weighted by Crippen LogP contribution is 2.19. The van der Waals surface area contributed by atoms with Crippen LogP contribution in [0, 0.1) is 0 Å². The van der Waals surface area contributed by atoms with Crippen molar-refractivity contribution in [3.8, 4) is 0 Å². The van der Waals surface area contributed by atoms with Crippen molar-refractivity contribution in [2.75, 3.05) is 26.8 Å². The number of nitrogens with zero attached hydrogens (tertiary/aromatic N) is 3. The monoisotopic (exact) mass is 351 g/mol. The first kappa shape index (κ1) is 17.1. The highest BCUT2D eigenvalue weighted by atomic mass is 32.1. The van der Waals surface area contributed by atoms with E-state index < -0.39 is 0 Å². The molecule has 0 saturated carbocycles. The average Bonchev–Trinajstić information content (AvgIpc) is 3.30. The molecule has 1 aliphatic rings. The molecular weight excluding hydrogens is 330 g/mol. The van der Waals surface area contributed by atoms with Gasteiger partial charge in [-0.15, -0.1) is 11.3 Å². The molecule has 0 N–H and O–H groups in total. The Morgan fingerprint density at radius 3 is 3.00 bits per heavy atom. The molecule has 0 atom stereocenters. The molecule has 3 heterocycles. The van der Waals surface area contributed by atoms with Crippen molar-refractivity contribution >= 4 is 17.2 Å². The first-order chi connectivity index (χ1) is 11.8. The third kappa shape index (κ3) is 4.40. The molecule has 0 spiro atoms.